The third kappa shape index (κ3) is 3.79. The third-order valence-electron chi connectivity index (χ3n) is 4.21. The molecule has 1 atom stereocenters. The summed E-state index contributed by atoms with van der Waals surface area (Å²) < 4.78 is 5.22. The second-order valence-electron chi connectivity index (χ2n) is 5.91. The molecule has 1 aliphatic rings. The first-order valence-electron chi connectivity index (χ1n) is 7.99. The molecule has 3 heterocycles. The predicted octanol–water partition coefficient (Wildman–Crippen LogP) is 2.49. The summed E-state index contributed by atoms with van der Waals surface area (Å²) in [4.78, 5) is 20.9. The van der Waals surface area contributed by atoms with Gasteiger partial charge in [-0.25, -0.2) is 0 Å². The van der Waals surface area contributed by atoms with Gasteiger partial charge in [0.15, 0.2) is 5.82 Å². The van der Waals surface area contributed by atoms with E-state index in [0.29, 0.717) is 24.8 Å². The van der Waals surface area contributed by atoms with Gasteiger partial charge in [0.25, 0.3) is 0 Å². The molecule has 1 saturated heterocycles. The summed E-state index contributed by atoms with van der Waals surface area (Å²) >= 11 is 1.65. The number of nitrogens with zero attached hydrogens (tertiary/aromatic N) is 4. The van der Waals surface area contributed by atoms with E-state index in [1.807, 2.05) is 19.4 Å². The number of rotatable bonds is 6. The smallest absolute Gasteiger partial charge is 0.236 e. The van der Waals surface area contributed by atoms with Gasteiger partial charge < -0.3 is 9.42 Å². The van der Waals surface area contributed by atoms with E-state index in [1.54, 1.807) is 16.2 Å². The molecular formula is C16H22N4O2S. The summed E-state index contributed by atoms with van der Waals surface area (Å²) in [5.41, 5.74) is 1.18. The summed E-state index contributed by atoms with van der Waals surface area (Å²) in [6, 6.07) is 2.15. The molecule has 1 unspecified atom stereocenters. The van der Waals surface area contributed by atoms with Gasteiger partial charge in [0.2, 0.25) is 11.8 Å². The number of amides is 1. The molecule has 1 fully saturated rings. The normalized spacial score (nSPS) is 18.4. The monoisotopic (exact) mass is 334 g/mol. The number of aromatic nitrogens is 2. The minimum Gasteiger partial charge on any atom is -0.340 e. The highest BCUT2D eigenvalue weighted by molar-refractivity contribution is 7.07. The van der Waals surface area contributed by atoms with Gasteiger partial charge >= 0.3 is 0 Å². The van der Waals surface area contributed by atoms with Gasteiger partial charge in [-0.15, -0.1) is 0 Å². The van der Waals surface area contributed by atoms with Gasteiger partial charge in [-0.1, -0.05) is 12.1 Å². The van der Waals surface area contributed by atoms with Crippen LogP contribution in [0, 0.1) is 0 Å². The molecule has 1 aliphatic heterocycles. The summed E-state index contributed by atoms with van der Waals surface area (Å²) in [6.07, 6.45) is 2.77. The Morgan fingerprint density at radius 2 is 2.43 bits per heavy atom. The van der Waals surface area contributed by atoms with E-state index in [1.165, 1.54) is 5.56 Å². The first-order chi connectivity index (χ1) is 11.2. The van der Waals surface area contributed by atoms with Gasteiger partial charge in [0.1, 0.15) is 0 Å². The highest BCUT2D eigenvalue weighted by Crippen LogP contribution is 2.29. The number of likely N-dealkylation sites (N-methyl/N-ethyl adjacent to an activating group) is 1. The molecule has 0 spiro atoms. The summed E-state index contributed by atoms with van der Waals surface area (Å²) in [7, 11) is 1.86. The van der Waals surface area contributed by atoms with E-state index < -0.39 is 0 Å². The van der Waals surface area contributed by atoms with Gasteiger partial charge in [-0.05, 0) is 41.8 Å². The average molecular weight is 334 g/mol. The summed E-state index contributed by atoms with van der Waals surface area (Å²) in [5, 5.41) is 8.19. The fraction of sp³-hybridized carbons (Fsp3) is 0.562. The Morgan fingerprint density at radius 3 is 3.13 bits per heavy atom. The van der Waals surface area contributed by atoms with E-state index >= 15 is 0 Å². The van der Waals surface area contributed by atoms with Crippen LogP contribution >= 0.6 is 11.3 Å². The zero-order valence-electron chi connectivity index (χ0n) is 13.6. The molecule has 2 aromatic heterocycles. The molecule has 0 bridgehead atoms. The SMILES string of the molecule is CCc1nc(C2CCCN2CC(=O)N(C)Cc2ccsc2)no1. The average Bonchev–Trinajstić information content (AvgIpc) is 3.27. The van der Waals surface area contributed by atoms with Crippen molar-refractivity contribution in [3.8, 4) is 0 Å². The number of thiophene rings is 1. The number of carbonyl (C=O) groups is 1. The standard InChI is InChI=1S/C16H22N4O2S/c1-3-14-17-16(18-22-14)13-5-4-7-20(13)10-15(21)19(2)9-12-6-8-23-11-12/h6,8,11,13H,3-5,7,9-10H2,1-2H3. The largest absolute Gasteiger partial charge is 0.340 e. The Kier molecular flexibility index (Phi) is 5.07. The number of aryl methyl sites for hydroxylation is 1. The van der Waals surface area contributed by atoms with E-state index in [4.69, 9.17) is 4.52 Å². The van der Waals surface area contributed by atoms with Crippen LogP contribution in [0.4, 0.5) is 0 Å². The fourth-order valence-corrected chi connectivity index (χ4v) is 3.55. The Hall–Kier alpha value is -1.73. The van der Waals surface area contributed by atoms with Gasteiger partial charge in [-0.2, -0.15) is 16.3 Å². The van der Waals surface area contributed by atoms with Crippen LogP contribution in [0.15, 0.2) is 21.3 Å². The number of hydrogen-bond acceptors (Lipinski definition) is 6. The lowest BCUT2D eigenvalue weighted by Gasteiger charge is -2.24. The van der Waals surface area contributed by atoms with Crippen molar-refractivity contribution in [2.45, 2.75) is 38.8 Å². The highest BCUT2D eigenvalue weighted by Gasteiger charge is 2.31. The van der Waals surface area contributed by atoms with E-state index in [2.05, 4.69) is 26.5 Å². The molecule has 124 valence electrons. The maximum absolute atomic E-state index is 12.5. The van der Waals surface area contributed by atoms with Crippen molar-refractivity contribution in [1.82, 2.24) is 19.9 Å². The van der Waals surface area contributed by atoms with Crippen molar-refractivity contribution in [2.75, 3.05) is 20.1 Å². The first-order valence-corrected chi connectivity index (χ1v) is 8.93. The Labute approximate surface area is 140 Å². The second-order valence-corrected chi connectivity index (χ2v) is 6.69. The van der Waals surface area contributed by atoms with Gasteiger partial charge in [0, 0.05) is 20.0 Å². The van der Waals surface area contributed by atoms with Crippen LogP contribution in [-0.4, -0.2) is 46.0 Å². The van der Waals surface area contributed by atoms with Crippen LogP contribution in [0.3, 0.4) is 0 Å². The van der Waals surface area contributed by atoms with Crippen LogP contribution < -0.4 is 0 Å². The van der Waals surface area contributed by atoms with Crippen molar-refractivity contribution in [3.63, 3.8) is 0 Å². The van der Waals surface area contributed by atoms with Gasteiger partial charge in [-0.3, -0.25) is 9.69 Å². The zero-order chi connectivity index (χ0) is 16.2. The molecule has 0 N–H and O–H groups in total. The second kappa shape index (κ2) is 7.23. The van der Waals surface area contributed by atoms with E-state index in [9.17, 15) is 4.79 Å². The zero-order valence-corrected chi connectivity index (χ0v) is 14.4. The molecule has 3 rings (SSSR count). The van der Waals surface area contributed by atoms with Crippen molar-refractivity contribution < 1.29 is 9.32 Å². The minimum atomic E-state index is 0.0950. The molecule has 0 aliphatic carbocycles. The lowest BCUT2D eigenvalue weighted by atomic mass is 10.2. The lowest BCUT2D eigenvalue weighted by molar-refractivity contribution is -0.131. The minimum absolute atomic E-state index is 0.0950. The highest BCUT2D eigenvalue weighted by atomic mass is 32.1. The summed E-state index contributed by atoms with van der Waals surface area (Å²) in [5.74, 6) is 1.50. The molecule has 0 radical (unpaired) electrons. The van der Waals surface area contributed by atoms with Crippen LogP contribution in [-0.2, 0) is 17.8 Å². The summed E-state index contributed by atoms with van der Waals surface area (Å²) in [6.45, 7) is 3.95. The molecular weight excluding hydrogens is 312 g/mol. The molecule has 23 heavy (non-hydrogen) atoms. The van der Waals surface area contributed by atoms with Crippen LogP contribution in [0.2, 0.25) is 0 Å². The molecule has 2 aromatic rings. The Morgan fingerprint density at radius 1 is 1.57 bits per heavy atom. The topological polar surface area (TPSA) is 62.5 Å². The van der Waals surface area contributed by atoms with Crippen LogP contribution in [0.1, 0.15) is 43.1 Å². The quantitative estimate of drug-likeness (QED) is 0.812. The van der Waals surface area contributed by atoms with Gasteiger partial charge in [0.05, 0.1) is 12.6 Å². The van der Waals surface area contributed by atoms with Crippen molar-refractivity contribution in [2.24, 2.45) is 0 Å². The maximum Gasteiger partial charge on any atom is 0.236 e. The molecule has 6 nitrogen and oxygen atoms in total. The van der Waals surface area contributed by atoms with Crippen molar-refractivity contribution in [1.29, 1.82) is 0 Å². The molecule has 0 saturated carbocycles. The maximum atomic E-state index is 12.5. The van der Waals surface area contributed by atoms with Crippen LogP contribution in [0.25, 0.3) is 0 Å². The lowest BCUT2D eigenvalue weighted by Crippen LogP contribution is -2.38. The third-order valence-corrected chi connectivity index (χ3v) is 4.94. The van der Waals surface area contributed by atoms with E-state index in [0.717, 1.165) is 25.8 Å². The Bertz CT molecular complexity index is 640. The number of likely N-dealkylation sites (tertiary alicyclic amines) is 1. The first kappa shape index (κ1) is 16.1. The van der Waals surface area contributed by atoms with E-state index in [-0.39, 0.29) is 11.9 Å². The molecule has 1 amide bonds. The van der Waals surface area contributed by atoms with Crippen LogP contribution in [0.5, 0.6) is 0 Å². The Balaban J connectivity index is 1.60. The number of hydrogen-bond donors (Lipinski definition) is 0. The van der Waals surface area contributed by atoms with Crippen molar-refractivity contribution >= 4 is 17.2 Å². The fourth-order valence-electron chi connectivity index (χ4n) is 2.89. The molecule has 0 aromatic carbocycles. The molecule has 7 heteroatoms. The predicted molar refractivity (Wildman–Crippen MR) is 88.0 cm³/mol. The van der Waals surface area contributed by atoms with Crippen molar-refractivity contribution in [3.05, 3.63) is 34.1 Å². The number of carbonyl (C=O) groups excluding carboxylic acids is 1.